The fourth-order valence-electron chi connectivity index (χ4n) is 2.16. The number of piperidine rings is 1. The van der Waals surface area contributed by atoms with E-state index in [-0.39, 0.29) is 11.5 Å². The number of likely N-dealkylation sites (tertiary alicyclic amines) is 1. The quantitative estimate of drug-likeness (QED) is 0.756. The molecular formula is C13H20N2O2. The van der Waals surface area contributed by atoms with Crippen molar-refractivity contribution in [2.24, 2.45) is 11.3 Å². The fourth-order valence-corrected chi connectivity index (χ4v) is 2.16. The first kappa shape index (κ1) is 12.2. The number of amides is 1. The first-order valence-electron chi connectivity index (χ1n) is 6.42. The average Bonchev–Trinajstić information content (AvgIpc) is 3.11. The molecule has 1 amide bonds. The zero-order valence-electron chi connectivity index (χ0n) is 10.4. The summed E-state index contributed by atoms with van der Waals surface area (Å²) in [6.07, 6.45) is 4.62. The third-order valence-electron chi connectivity index (χ3n) is 3.87. The number of hydrogen-bond donors (Lipinski definition) is 0. The summed E-state index contributed by atoms with van der Waals surface area (Å²) in [6.45, 7) is 4.16. The van der Waals surface area contributed by atoms with Gasteiger partial charge in [-0.2, -0.15) is 5.26 Å². The van der Waals surface area contributed by atoms with Crippen LogP contribution < -0.4 is 0 Å². The van der Waals surface area contributed by atoms with Crippen LogP contribution in [0.1, 0.15) is 39.0 Å². The molecule has 1 aliphatic heterocycles. The topological polar surface area (TPSA) is 53.3 Å². The highest BCUT2D eigenvalue weighted by Gasteiger charge is 2.33. The van der Waals surface area contributed by atoms with Crippen molar-refractivity contribution < 1.29 is 9.53 Å². The summed E-state index contributed by atoms with van der Waals surface area (Å²) in [5, 5.41) is 8.76. The molecule has 0 unspecified atom stereocenters. The summed E-state index contributed by atoms with van der Waals surface area (Å²) < 4.78 is 5.26. The summed E-state index contributed by atoms with van der Waals surface area (Å²) in [7, 11) is 0. The molecule has 1 saturated heterocycles. The Balaban J connectivity index is 1.73. The van der Waals surface area contributed by atoms with Gasteiger partial charge in [0.1, 0.15) is 0 Å². The van der Waals surface area contributed by atoms with Crippen molar-refractivity contribution in [1.82, 2.24) is 4.90 Å². The molecule has 2 rings (SSSR count). The SMILES string of the molecule is CC1(CC#N)CCN(C(=O)OCC2CC2)CC1. The molecule has 4 heteroatoms. The van der Waals surface area contributed by atoms with Crippen molar-refractivity contribution in [3.05, 3.63) is 0 Å². The Morgan fingerprint density at radius 1 is 1.47 bits per heavy atom. The van der Waals surface area contributed by atoms with E-state index < -0.39 is 0 Å². The van der Waals surface area contributed by atoms with Gasteiger partial charge in [-0.1, -0.05) is 6.92 Å². The molecule has 0 aromatic rings. The van der Waals surface area contributed by atoms with Gasteiger partial charge in [-0.3, -0.25) is 0 Å². The smallest absolute Gasteiger partial charge is 0.409 e. The lowest BCUT2D eigenvalue weighted by Gasteiger charge is -2.37. The van der Waals surface area contributed by atoms with Gasteiger partial charge in [-0.25, -0.2) is 4.79 Å². The molecule has 94 valence electrons. The molecule has 17 heavy (non-hydrogen) atoms. The number of carbonyl (C=O) groups is 1. The third-order valence-corrected chi connectivity index (χ3v) is 3.87. The van der Waals surface area contributed by atoms with E-state index in [0.717, 1.165) is 25.9 Å². The standard InChI is InChI=1S/C13H20N2O2/c1-13(4-7-14)5-8-15(9-6-13)12(16)17-10-11-2-3-11/h11H,2-6,8-10H2,1H3. The van der Waals surface area contributed by atoms with E-state index in [4.69, 9.17) is 10.00 Å². The van der Waals surface area contributed by atoms with Crippen LogP contribution >= 0.6 is 0 Å². The first-order chi connectivity index (χ1) is 8.13. The highest BCUT2D eigenvalue weighted by Crippen LogP contribution is 2.34. The number of hydrogen-bond acceptors (Lipinski definition) is 3. The predicted molar refractivity (Wildman–Crippen MR) is 63.2 cm³/mol. The number of ether oxygens (including phenoxy) is 1. The second-order valence-electron chi connectivity index (χ2n) is 5.65. The van der Waals surface area contributed by atoms with Crippen molar-refractivity contribution in [2.75, 3.05) is 19.7 Å². The zero-order valence-corrected chi connectivity index (χ0v) is 10.4. The van der Waals surface area contributed by atoms with Gasteiger partial charge < -0.3 is 9.64 Å². The maximum absolute atomic E-state index is 11.7. The first-order valence-corrected chi connectivity index (χ1v) is 6.42. The lowest BCUT2D eigenvalue weighted by Crippen LogP contribution is -2.42. The normalized spacial score (nSPS) is 22.9. The summed E-state index contributed by atoms with van der Waals surface area (Å²) in [5.41, 5.74) is 0.0853. The Hall–Kier alpha value is -1.24. The Morgan fingerprint density at radius 2 is 2.12 bits per heavy atom. The molecule has 0 N–H and O–H groups in total. The van der Waals surface area contributed by atoms with Crippen LogP contribution in [0, 0.1) is 22.7 Å². The van der Waals surface area contributed by atoms with E-state index in [9.17, 15) is 4.79 Å². The van der Waals surface area contributed by atoms with Gasteiger partial charge in [0.05, 0.1) is 12.7 Å². The molecule has 2 aliphatic rings. The lowest BCUT2D eigenvalue weighted by molar-refractivity contribution is 0.0690. The van der Waals surface area contributed by atoms with Crippen LogP contribution in [-0.2, 0) is 4.74 Å². The zero-order chi connectivity index (χ0) is 12.3. The fraction of sp³-hybridized carbons (Fsp3) is 0.846. The van der Waals surface area contributed by atoms with Crippen molar-refractivity contribution in [2.45, 2.75) is 39.0 Å². The molecule has 1 saturated carbocycles. The second kappa shape index (κ2) is 4.95. The molecule has 0 radical (unpaired) electrons. The largest absolute Gasteiger partial charge is 0.449 e. The van der Waals surface area contributed by atoms with Crippen LogP contribution in [0.2, 0.25) is 0 Å². The Morgan fingerprint density at radius 3 is 2.65 bits per heavy atom. The van der Waals surface area contributed by atoms with Crippen LogP contribution in [0.4, 0.5) is 4.79 Å². The summed E-state index contributed by atoms with van der Waals surface area (Å²) in [4.78, 5) is 13.5. The minimum absolute atomic E-state index is 0.0853. The van der Waals surface area contributed by atoms with Gasteiger partial charge in [-0.05, 0) is 37.0 Å². The third kappa shape index (κ3) is 3.36. The van der Waals surface area contributed by atoms with Gasteiger partial charge >= 0.3 is 6.09 Å². The Labute approximate surface area is 103 Å². The second-order valence-corrected chi connectivity index (χ2v) is 5.65. The van der Waals surface area contributed by atoms with Crippen molar-refractivity contribution in [3.8, 4) is 6.07 Å². The average molecular weight is 236 g/mol. The van der Waals surface area contributed by atoms with Gasteiger partial charge in [0.2, 0.25) is 0 Å². The van der Waals surface area contributed by atoms with E-state index in [1.54, 1.807) is 4.90 Å². The van der Waals surface area contributed by atoms with Crippen LogP contribution in [0.15, 0.2) is 0 Å². The molecule has 1 aliphatic carbocycles. The number of nitriles is 1. The molecule has 0 bridgehead atoms. The minimum atomic E-state index is -0.170. The molecule has 0 atom stereocenters. The van der Waals surface area contributed by atoms with Gasteiger partial charge in [-0.15, -0.1) is 0 Å². The highest BCUT2D eigenvalue weighted by molar-refractivity contribution is 5.67. The van der Waals surface area contributed by atoms with Gasteiger partial charge in [0.25, 0.3) is 0 Å². The van der Waals surface area contributed by atoms with E-state index in [0.29, 0.717) is 18.9 Å². The molecule has 2 fully saturated rings. The maximum Gasteiger partial charge on any atom is 0.409 e. The van der Waals surface area contributed by atoms with Gasteiger partial charge in [0.15, 0.2) is 0 Å². The molecule has 0 aromatic heterocycles. The van der Waals surface area contributed by atoms with Crippen LogP contribution in [0.25, 0.3) is 0 Å². The lowest BCUT2D eigenvalue weighted by atomic mass is 9.78. The Kier molecular flexibility index (Phi) is 3.56. The molecule has 1 heterocycles. The van der Waals surface area contributed by atoms with Crippen LogP contribution in [0.5, 0.6) is 0 Å². The molecular weight excluding hydrogens is 216 g/mol. The van der Waals surface area contributed by atoms with E-state index in [2.05, 4.69) is 13.0 Å². The van der Waals surface area contributed by atoms with Crippen LogP contribution in [-0.4, -0.2) is 30.7 Å². The van der Waals surface area contributed by atoms with Gasteiger partial charge in [0, 0.05) is 19.5 Å². The molecule has 0 spiro atoms. The van der Waals surface area contributed by atoms with Crippen molar-refractivity contribution in [1.29, 1.82) is 5.26 Å². The van der Waals surface area contributed by atoms with E-state index in [1.165, 1.54) is 12.8 Å². The summed E-state index contributed by atoms with van der Waals surface area (Å²) in [6, 6.07) is 2.24. The van der Waals surface area contributed by atoms with Crippen molar-refractivity contribution >= 4 is 6.09 Å². The predicted octanol–water partition coefficient (Wildman–Crippen LogP) is 2.55. The van der Waals surface area contributed by atoms with Crippen LogP contribution in [0.3, 0.4) is 0 Å². The van der Waals surface area contributed by atoms with Crippen molar-refractivity contribution in [3.63, 3.8) is 0 Å². The number of carbonyl (C=O) groups excluding carboxylic acids is 1. The molecule has 4 nitrogen and oxygen atoms in total. The maximum atomic E-state index is 11.7. The highest BCUT2D eigenvalue weighted by atomic mass is 16.6. The summed E-state index contributed by atoms with van der Waals surface area (Å²) in [5.74, 6) is 0.618. The Bertz CT molecular complexity index is 323. The number of nitrogens with zero attached hydrogens (tertiary/aromatic N) is 2. The summed E-state index contributed by atoms with van der Waals surface area (Å²) >= 11 is 0. The van der Waals surface area contributed by atoms with E-state index >= 15 is 0 Å². The molecule has 0 aromatic carbocycles. The van der Waals surface area contributed by atoms with E-state index in [1.807, 2.05) is 0 Å². The minimum Gasteiger partial charge on any atom is -0.449 e. The monoisotopic (exact) mass is 236 g/mol. The number of rotatable bonds is 3.